The number of nitrogens with one attached hydrogen (secondary N) is 1. The summed E-state index contributed by atoms with van der Waals surface area (Å²) < 4.78 is 5.74. The summed E-state index contributed by atoms with van der Waals surface area (Å²) in [6.45, 7) is 10.7. The lowest BCUT2D eigenvalue weighted by molar-refractivity contribution is 0.0125. The number of hydrogen-bond acceptors (Lipinski definition) is 3. The molecule has 1 N–H and O–H groups in total. The molecule has 3 heteroatoms. The first-order valence-electron chi connectivity index (χ1n) is 8.22. The predicted octanol–water partition coefficient (Wildman–Crippen LogP) is 3.06. The van der Waals surface area contributed by atoms with E-state index in [-0.39, 0.29) is 0 Å². The van der Waals surface area contributed by atoms with E-state index in [4.69, 9.17) is 4.74 Å². The molecular weight excluding hydrogens is 260 g/mol. The molecule has 1 saturated heterocycles. The van der Waals surface area contributed by atoms with Gasteiger partial charge in [0.25, 0.3) is 0 Å². The third-order valence-corrected chi connectivity index (χ3v) is 4.53. The Hall–Kier alpha value is -0.900. The largest absolute Gasteiger partial charge is 0.378 e. The van der Waals surface area contributed by atoms with Gasteiger partial charge in [-0.05, 0) is 51.8 Å². The summed E-state index contributed by atoms with van der Waals surface area (Å²) in [4.78, 5) is 2.57. The maximum atomic E-state index is 5.74. The molecule has 1 atom stereocenters. The first-order chi connectivity index (χ1) is 10.1. The summed E-state index contributed by atoms with van der Waals surface area (Å²) in [5, 5.41) is 3.49. The van der Waals surface area contributed by atoms with Gasteiger partial charge in [-0.1, -0.05) is 23.8 Å². The summed E-state index contributed by atoms with van der Waals surface area (Å²) >= 11 is 0. The minimum absolute atomic E-state index is 0.411. The third-order valence-electron chi connectivity index (χ3n) is 4.53. The summed E-state index contributed by atoms with van der Waals surface area (Å²) in [6, 6.07) is 7.18. The Labute approximate surface area is 129 Å². The molecule has 1 fully saturated rings. The van der Waals surface area contributed by atoms with Crippen LogP contribution in [0.2, 0.25) is 0 Å². The average Bonchev–Trinajstić information content (AvgIpc) is 2.47. The SMILES string of the molecule is CCOC1CCN(CC(NC)c2ccc(C)cc2C)CC1. The van der Waals surface area contributed by atoms with Crippen molar-refractivity contribution in [2.45, 2.75) is 45.8 Å². The van der Waals surface area contributed by atoms with Crippen LogP contribution in [-0.2, 0) is 4.74 Å². The Kier molecular flexibility index (Phi) is 6.22. The van der Waals surface area contributed by atoms with E-state index in [0.29, 0.717) is 12.1 Å². The molecular formula is C18H30N2O. The molecule has 1 aromatic carbocycles. The summed E-state index contributed by atoms with van der Waals surface area (Å²) in [5.74, 6) is 0. The van der Waals surface area contributed by atoms with E-state index >= 15 is 0 Å². The molecule has 1 aliphatic heterocycles. The quantitative estimate of drug-likeness (QED) is 0.871. The van der Waals surface area contributed by atoms with Crippen LogP contribution in [0.1, 0.15) is 42.5 Å². The van der Waals surface area contributed by atoms with Gasteiger partial charge in [0.2, 0.25) is 0 Å². The summed E-state index contributed by atoms with van der Waals surface area (Å²) in [5.41, 5.74) is 4.15. The highest BCUT2D eigenvalue weighted by molar-refractivity contribution is 5.33. The van der Waals surface area contributed by atoms with Gasteiger partial charge in [-0.25, -0.2) is 0 Å². The zero-order valence-corrected chi connectivity index (χ0v) is 14.0. The molecule has 118 valence electrons. The highest BCUT2D eigenvalue weighted by Crippen LogP contribution is 2.22. The van der Waals surface area contributed by atoms with Gasteiger partial charge >= 0.3 is 0 Å². The minimum Gasteiger partial charge on any atom is -0.378 e. The smallest absolute Gasteiger partial charge is 0.0599 e. The van der Waals surface area contributed by atoms with E-state index in [1.165, 1.54) is 16.7 Å². The fourth-order valence-corrected chi connectivity index (χ4v) is 3.31. The first kappa shape index (κ1) is 16.5. The molecule has 0 aliphatic carbocycles. The lowest BCUT2D eigenvalue weighted by Gasteiger charge is -2.34. The maximum absolute atomic E-state index is 5.74. The topological polar surface area (TPSA) is 24.5 Å². The monoisotopic (exact) mass is 290 g/mol. The lowest BCUT2D eigenvalue weighted by Crippen LogP contribution is -2.41. The van der Waals surface area contributed by atoms with Gasteiger partial charge in [-0.3, -0.25) is 0 Å². The highest BCUT2D eigenvalue weighted by atomic mass is 16.5. The number of ether oxygens (including phenoxy) is 1. The van der Waals surface area contributed by atoms with Crippen LogP contribution in [0.25, 0.3) is 0 Å². The van der Waals surface area contributed by atoms with Gasteiger partial charge in [-0.2, -0.15) is 0 Å². The van der Waals surface area contributed by atoms with E-state index in [1.807, 2.05) is 0 Å². The lowest BCUT2D eigenvalue weighted by atomic mass is 9.98. The van der Waals surface area contributed by atoms with E-state index < -0.39 is 0 Å². The van der Waals surface area contributed by atoms with Crippen molar-refractivity contribution in [1.29, 1.82) is 0 Å². The highest BCUT2D eigenvalue weighted by Gasteiger charge is 2.22. The second-order valence-corrected chi connectivity index (χ2v) is 6.16. The molecule has 21 heavy (non-hydrogen) atoms. The Bertz CT molecular complexity index is 439. The normalized spacial score (nSPS) is 18.9. The molecule has 1 unspecified atom stereocenters. The number of piperidine rings is 1. The van der Waals surface area contributed by atoms with Crippen LogP contribution < -0.4 is 5.32 Å². The predicted molar refractivity (Wildman–Crippen MR) is 88.8 cm³/mol. The average molecular weight is 290 g/mol. The van der Waals surface area contributed by atoms with Crippen molar-refractivity contribution < 1.29 is 4.74 Å². The number of likely N-dealkylation sites (N-methyl/N-ethyl adjacent to an activating group) is 1. The zero-order valence-electron chi connectivity index (χ0n) is 14.0. The Balaban J connectivity index is 1.94. The van der Waals surface area contributed by atoms with Crippen LogP contribution in [-0.4, -0.2) is 44.3 Å². The number of rotatable bonds is 6. The molecule has 0 radical (unpaired) electrons. The van der Waals surface area contributed by atoms with E-state index in [1.54, 1.807) is 0 Å². The van der Waals surface area contributed by atoms with Crippen molar-refractivity contribution in [2.75, 3.05) is 33.3 Å². The van der Waals surface area contributed by atoms with Gasteiger partial charge in [0, 0.05) is 32.3 Å². The molecule has 1 heterocycles. The van der Waals surface area contributed by atoms with Crippen LogP contribution in [0.5, 0.6) is 0 Å². The van der Waals surface area contributed by atoms with Gasteiger partial charge in [-0.15, -0.1) is 0 Å². The zero-order chi connectivity index (χ0) is 15.2. The molecule has 0 bridgehead atoms. The standard InChI is InChI=1S/C18H30N2O/c1-5-21-16-8-10-20(11-9-16)13-18(19-4)17-7-6-14(2)12-15(17)3/h6-7,12,16,18-19H,5,8-11,13H2,1-4H3. The second-order valence-electron chi connectivity index (χ2n) is 6.16. The fourth-order valence-electron chi connectivity index (χ4n) is 3.31. The van der Waals surface area contributed by atoms with Gasteiger partial charge < -0.3 is 15.0 Å². The second kappa shape index (κ2) is 7.92. The van der Waals surface area contributed by atoms with Crippen molar-refractivity contribution in [3.63, 3.8) is 0 Å². The first-order valence-corrected chi connectivity index (χ1v) is 8.22. The fraction of sp³-hybridized carbons (Fsp3) is 0.667. The van der Waals surface area contributed by atoms with E-state index in [2.05, 4.69) is 56.2 Å². The van der Waals surface area contributed by atoms with Crippen molar-refractivity contribution >= 4 is 0 Å². The molecule has 2 rings (SSSR count). The molecule has 0 saturated carbocycles. The maximum Gasteiger partial charge on any atom is 0.0599 e. The van der Waals surface area contributed by atoms with Gasteiger partial charge in [0.05, 0.1) is 6.10 Å². The Morgan fingerprint density at radius 2 is 2.00 bits per heavy atom. The molecule has 0 amide bonds. The Morgan fingerprint density at radius 1 is 1.29 bits per heavy atom. The van der Waals surface area contributed by atoms with Crippen molar-refractivity contribution in [3.05, 3.63) is 34.9 Å². The molecule has 1 aliphatic rings. The van der Waals surface area contributed by atoms with Crippen LogP contribution in [0.15, 0.2) is 18.2 Å². The number of benzene rings is 1. The van der Waals surface area contributed by atoms with E-state index in [0.717, 1.165) is 39.1 Å². The number of aryl methyl sites for hydroxylation is 2. The molecule has 1 aromatic rings. The van der Waals surface area contributed by atoms with E-state index in [9.17, 15) is 0 Å². The van der Waals surface area contributed by atoms with Crippen molar-refractivity contribution in [2.24, 2.45) is 0 Å². The molecule has 0 aromatic heterocycles. The van der Waals surface area contributed by atoms with Crippen molar-refractivity contribution in [3.8, 4) is 0 Å². The van der Waals surface area contributed by atoms with Crippen molar-refractivity contribution in [1.82, 2.24) is 10.2 Å². The van der Waals surface area contributed by atoms with Gasteiger partial charge in [0.15, 0.2) is 0 Å². The number of hydrogen-bond donors (Lipinski definition) is 1. The van der Waals surface area contributed by atoms with Crippen LogP contribution >= 0.6 is 0 Å². The van der Waals surface area contributed by atoms with Crippen LogP contribution in [0.4, 0.5) is 0 Å². The minimum atomic E-state index is 0.411. The number of likely N-dealkylation sites (tertiary alicyclic amines) is 1. The summed E-state index contributed by atoms with van der Waals surface area (Å²) in [7, 11) is 2.07. The molecule has 0 spiro atoms. The third kappa shape index (κ3) is 4.53. The van der Waals surface area contributed by atoms with Crippen LogP contribution in [0.3, 0.4) is 0 Å². The number of nitrogens with zero attached hydrogens (tertiary/aromatic N) is 1. The summed E-state index contributed by atoms with van der Waals surface area (Å²) in [6.07, 6.45) is 2.80. The van der Waals surface area contributed by atoms with Gasteiger partial charge in [0.1, 0.15) is 0 Å². The van der Waals surface area contributed by atoms with Crippen LogP contribution in [0, 0.1) is 13.8 Å². The molecule has 3 nitrogen and oxygen atoms in total. The Morgan fingerprint density at radius 3 is 2.57 bits per heavy atom.